The molecule has 0 aliphatic heterocycles. The number of aromatic nitrogens is 3. The van der Waals surface area contributed by atoms with Crippen molar-refractivity contribution in [2.75, 3.05) is 0 Å². The summed E-state index contributed by atoms with van der Waals surface area (Å²) in [6.07, 6.45) is 4.16. The van der Waals surface area contributed by atoms with E-state index in [1.807, 2.05) is 0 Å². The van der Waals surface area contributed by atoms with Crippen LogP contribution in [0.1, 0.15) is 12.5 Å². The van der Waals surface area contributed by atoms with Gasteiger partial charge >= 0.3 is 0 Å². The molecule has 0 saturated carbocycles. The van der Waals surface area contributed by atoms with E-state index in [1.54, 1.807) is 6.92 Å². The van der Waals surface area contributed by atoms with Crippen LogP contribution in [0, 0.1) is 18.1 Å². The fraction of sp³-hybridized carbons (Fsp3) is 0.250. The zero-order valence-corrected chi connectivity index (χ0v) is 13.1. The van der Waals surface area contributed by atoms with Gasteiger partial charge in [0.25, 0.3) is 0 Å². The van der Waals surface area contributed by atoms with Crippen molar-refractivity contribution in [2.24, 2.45) is 0 Å². The van der Waals surface area contributed by atoms with Gasteiger partial charge in [-0.15, -0.1) is 0 Å². The van der Waals surface area contributed by atoms with Crippen molar-refractivity contribution in [3.05, 3.63) is 54.5 Å². The van der Waals surface area contributed by atoms with Gasteiger partial charge in [-0.25, -0.2) is 13.8 Å². The van der Waals surface area contributed by atoms with Gasteiger partial charge in [-0.05, 0) is 17.2 Å². The van der Waals surface area contributed by atoms with Crippen molar-refractivity contribution in [1.29, 1.82) is 0 Å². The molecule has 0 spiro atoms. The molecule has 102 valence electrons. The van der Waals surface area contributed by atoms with E-state index >= 15 is 0 Å². The first-order valence-corrected chi connectivity index (χ1v) is 5.36. The molecule has 7 heteroatoms. The third-order valence-electron chi connectivity index (χ3n) is 2.74. The maximum Gasteiger partial charge on any atom is 0.137 e. The molecule has 1 unspecified atom stereocenters. The Bertz CT molecular complexity index is 536. The first-order chi connectivity index (χ1) is 8.55. The first kappa shape index (κ1) is 15.9. The summed E-state index contributed by atoms with van der Waals surface area (Å²) in [5.74, 6) is -1.48. The zero-order valence-electron chi connectivity index (χ0n) is 10.1. The number of nitrogens with zero attached hydrogens (tertiary/aromatic N) is 3. The van der Waals surface area contributed by atoms with Crippen LogP contribution in [-0.4, -0.2) is 19.9 Å². The molecule has 0 aliphatic carbocycles. The summed E-state index contributed by atoms with van der Waals surface area (Å²) in [6, 6.07) is 3.07. The van der Waals surface area contributed by atoms with Gasteiger partial charge in [0.2, 0.25) is 0 Å². The Labute approximate surface area is 123 Å². The summed E-state index contributed by atoms with van der Waals surface area (Å²) in [5.41, 5.74) is -1.56. The Morgan fingerprint density at radius 1 is 1.42 bits per heavy atom. The second-order valence-corrected chi connectivity index (χ2v) is 3.93. The SMILES string of the molecule is C[CH-]C(O)(Cn1cncn1)c1ccc(F)cc1F.[W]. The van der Waals surface area contributed by atoms with Crippen LogP contribution in [0.2, 0.25) is 0 Å². The van der Waals surface area contributed by atoms with Gasteiger partial charge < -0.3 is 5.11 Å². The summed E-state index contributed by atoms with van der Waals surface area (Å²) in [6.45, 7) is 1.60. The smallest absolute Gasteiger partial charge is 0.137 e. The van der Waals surface area contributed by atoms with E-state index in [1.165, 1.54) is 29.8 Å². The molecule has 0 saturated heterocycles. The number of hydrogen-bond acceptors (Lipinski definition) is 3. The Balaban J connectivity index is 0.00000180. The maximum atomic E-state index is 13.7. The average Bonchev–Trinajstić information content (AvgIpc) is 2.81. The second-order valence-electron chi connectivity index (χ2n) is 3.93. The molecule has 1 N–H and O–H groups in total. The molecule has 0 amide bonds. The van der Waals surface area contributed by atoms with Crippen molar-refractivity contribution in [1.82, 2.24) is 14.8 Å². The van der Waals surface area contributed by atoms with Crippen molar-refractivity contribution in [3.63, 3.8) is 0 Å². The van der Waals surface area contributed by atoms with E-state index in [9.17, 15) is 13.9 Å². The number of rotatable bonds is 4. The molecule has 1 aromatic carbocycles. The molecule has 19 heavy (non-hydrogen) atoms. The summed E-state index contributed by atoms with van der Waals surface area (Å²) in [4.78, 5) is 3.74. The largest absolute Gasteiger partial charge is 0.415 e. The molecule has 0 aliphatic rings. The molecule has 2 rings (SSSR count). The van der Waals surface area contributed by atoms with E-state index in [-0.39, 0.29) is 33.2 Å². The minimum Gasteiger partial charge on any atom is -0.415 e. The average molecular weight is 436 g/mol. The van der Waals surface area contributed by atoms with E-state index in [0.717, 1.165) is 12.1 Å². The van der Waals surface area contributed by atoms with Crippen LogP contribution in [-0.2, 0) is 33.2 Å². The molecular weight excluding hydrogens is 424 g/mol. The van der Waals surface area contributed by atoms with E-state index < -0.39 is 17.2 Å². The van der Waals surface area contributed by atoms with Crippen molar-refractivity contribution < 1.29 is 35.0 Å². The second kappa shape index (κ2) is 6.35. The Kier molecular flexibility index (Phi) is 5.32. The summed E-state index contributed by atoms with van der Waals surface area (Å²) in [5, 5.41) is 14.3. The zero-order chi connectivity index (χ0) is 13.2. The van der Waals surface area contributed by atoms with Crippen LogP contribution in [0.15, 0.2) is 30.9 Å². The number of benzene rings is 1. The quantitative estimate of drug-likeness (QED) is 0.743. The van der Waals surface area contributed by atoms with Gasteiger partial charge in [0, 0.05) is 33.7 Å². The molecule has 0 bridgehead atoms. The summed E-state index contributed by atoms with van der Waals surface area (Å²) >= 11 is 0. The van der Waals surface area contributed by atoms with Crippen LogP contribution >= 0.6 is 0 Å². The van der Waals surface area contributed by atoms with Crippen LogP contribution in [0.5, 0.6) is 0 Å². The van der Waals surface area contributed by atoms with E-state index in [4.69, 9.17) is 0 Å². The topological polar surface area (TPSA) is 50.9 Å². The van der Waals surface area contributed by atoms with Gasteiger partial charge in [0.15, 0.2) is 0 Å². The standard InChI is InChI=1S/C12H12F2N3O.W/c1-2-12(18,6-17-8-15-7-16-17)10-4-3-9(13)5-11(10)14;/h2-5,7-8,18H,6H2,1H3;/q-1;. The Hall–Kier alpha value is -1.13. The molecule has 0 radical (unpaired) electrons. The van der Waals surface area contributed by atoms with Gasteiger partial charge in [0.1, 0.15) is 24.3 Å². The van der Waals surface area contributed by atoms with Crippen LogP contribution in [0.4, 0.5) is 8.78 Å². The summed E-state index contributed by atoms with van der Waals surface area (Å²) < 4.78 is 27.9. The minimum absolute atomic E-state index is 0. The fourth-order valence-corrected chi connectivity index (χ4v) is 1.73. The van der Waals surface area contributed by atoms with Gasteiger partial charge in [0.05, 0.1) is 0 Å². The van der Waals surface area contributed by atoms with Gasteiger partial charge in [-0.1, -0.05) is 6.07 Å². The van der Waals surface area contributed by atoms with Crippen molar-refractivity contribution in [2.45, 2.75) is 19.1 Å². The molecule has 4 nitrogen and oxygen atoms in total. The van der Waals surface area contributed by atoms with Crippen LogP contribution in [0.3, 0.4) is 0 Å². The molecule has 1 atom stereocenters. The Morgan fingerprint density at radius 2 is 2.16 bits per heavy atom. The van der Waals surface area contributed by atoms with E-state index in [0.29, 0.717) is 0 Å². The van der Waals surface area contributed by atoms with Crippen molar-refractivity contribution in [3.8, 4) is 0 Å². The first-order valence-electron chi connectivity index (χ1n) is 5.36. The van der Waals surface area contributed by atoms with Crippen LogP contribution < -0.4 is 0 Å². The predicted octanol–water partition coefficient (Wildman–Crippen LogP) is 1.67. The minimum atomic E-state index is -1.56. The van der Waals surface area contributed by atoms with Gasteiger partial charge in [-0.2, -0.15) is 12.0 Å². The summed E-state index contributed by atoms with van der Waals surface area (Å²) in [7, 11) is 0. The third-order valence-corrected chi connectivity index (χ3v) is 2.74. The molecule has 1 aromatic heterocycles. The third kappa shape index (κ3) is 3.45. The monoisotopic (exact) mass is 436 g/mol. The molecule has 1 heterocycles. The number of hydrogen-bond donors (Lipinski definition) is 1. The van der Waals surface area contributed by atoms with Gasteiger partial charge in [-0.3, -0.25) is 11.1 Å². The van der Waals surface area contributed by atoms with Crippen LogP contribution in [0.25, 0.3) is 0 Å². The molecular formula is C12H12F2N3OW-. The maximum absolute atomic E-state index is 13.7. The van der Waals surface area contributed by atoms with Crippen molar-refractivity contribution >= 4 is 0 Å². The molecule has 2 aromatic rings. The number of aliphatic hydroxyl groups is 1. The fourth-order valence-electron chi connectivity index (χ4n) is 1.73. The Morgan fingerprint density at radius 3 is 2.68 bits per heavy atom. The predicted molar refractivity (Wildman–Crippen MR) is 60.3 cm³/mol. The normalized spacial score (nSPS) is 13.7. The number of halogens is 2. The molecule has 0 fully saturated rings. The van der Waals surface area contributed by atoms with E-state index in [2.05, 4.69) is 10.1 Å².